The first-order valence-electron chi connectivity index (χ1n) is 8.98. The van der Waals surface area contributed by atoms with E-state index >= 15 is 0 Å². The molecule has 0 spiro atoms. The molecule has 1 aliphatic heterocycles. The van der Waals surface area contributed by atoms with Gasteiger partial charge in [0.1, 0.15) is 12.6 Å². The summed E-state index contributed by atoms with van der Waals surface area (Å²) in [5.41, 5.74) is 0.510. The molecule has 152 valence electrons. The van der Waals surface area contributed by atoms with Crippen LogP contribution in [0.1, 0.15) is 44.1 Å². The van der Waals surface area contributed by atoms with Crippen molar-refractivity contribution in [3.63, 3.8) is 0 Å². The molecule has 3 rings (SSSR count). The van der Waals surface area contributed by atoms with Gasteiger partial charge in [-0.15, -0.1) is 0 Å². The zero-order valence-corrected chi connectivity index (χ0v) is 17.1. The van der Waals surface area contributed by atoms with Gasteiger partial charge >= 0.3 is 7.82 Å². The first-order chi connectivity index (χ1) is 13.2. The quantitative estimate of drug-likeness (QED) is 0.520. The van der Waals surface area contributed by atoms with E-state index in [0.29, 0.717) is 34.1 Å². The highest BCUT2D eigenvalue weighted by molar-refractivity contribution is 8.18. The number of phosphoric ester groups is 1. The predicted octanol–water partition coefficient (Wildman–Crippen LogP) is 2.95. The smallest absolute Gasteiger partial charge is 0.303 e. The van der Waals surface area contributed by atoms with E-state index < -0.39 is 25.7 Å². The van der Waals surface area contributed by atoms with Crippen LogP contribution in [0.2, 0.25) is 0 Å². The molecule has 28 heavy (non-hydrogen) atoms. The summed E-state index contributed by atoms with van der Waals surface area (Å²) in [6, 6.07) is 1.65. The van der Waals surface area contributed by atoms with Crippen molar-refractivity contribution >= 4 is 36.8 Å². The highest BCUT2D eigenvalue weighted by atomic mass is 32.2. The number of phosphoric acid groups is 1. The third-order valence-electron chi connectivity index (χ3n) is 4.84. The maximum absolute atomic E-state index is 12.3. The number of aromatic nitrogens is 2. The third kappa shape index (κ3) is 5.71. The molecule has 2 heterocycles. The molecule has 9 nitrogen and oxygen atoms in total. The Morgan fingerprint density at radius 1 is 1.32 bits per heavy atom. The van der Waals surface area contributed by atoms with Crippen molar-refractivity contribution in [3.8, 4) is 0 Å². The van der Waals surface area contributed by atoms with E-state index in [1.165, 1.54) is 18.9 Å². The first-order valence-corrected chi connectivity index (χ1v) is 11.3. The molecule has 2 amide bonds. The molecule has 0 bridgehead atoms. The highest BCUT2D eigenvalue weighted by Crippen LogP contribution is 2.38. The Balaban J connectivity index is 1.67. The van der Waals surface area contributed by atoms with Crippen LogP contribution in [0.15, 0.2) is 17.2 Å². The highest BCUT2D eigenvalue weighted by Gasteiger charge is 2.36. The van der Waals surface area contributed by atoms with Crippen LogP contribution >= 0.6 is 19.6 Å². The van der Waals surface area contributed by atoms with Gasteiger partial charge in [0.05, 0.1) is 10.6 Å². The molecule has 0 radical (unpaired) electrons. The van der Waals surface area contributed by atoms with Crippen molar-refractivity contribution in [2.45, 2.75) is 39.0 Å². The number of hydrogen-bond acceptors (Lipinski definition) is 7. The number of amides is 2. The van der Waals surface area contributed by atoms with E-state index in [1.807, 2.05) is 0 Å². The van der Waals surface area contributed by atoms with E-state index in [2.05, 4.69) is 21.4 Å². The maximum Gasteiger partial charge on any atom is 0.471 e. The Morgan fingerprint density at radius 2 is 2.04 bits per heavy atom. The zero-order valence-electron chi connectivity index (χ0n) is 15.4. The molecule has 0 atom stereocenters. The van der Waals surface area contributed by atoms with Gasteiger partial charge in [0.25, 0.3) is 11.1 Å². The molecule has 2 aliphatic rings. The van der Waals surface area contributed by atoms with Crippen LogP contribution in [0, 0.1) is 11.8 Å². The number of thioether (sulfide) groups is 1. The summed E-state index contributed by atoms with van der Waals surface area (Å²) in [5.74, 6) is 1.36. The molecule has 1 aromatic heterocycles. The molecule has 1 aromatic rings. The zero-order chi connectivity index (χ0) is 20.3. The maximum atomic E-state index is 12.3. The number of carbonyl (C=O) groups is 2. The fourth-order valence-corrected chi connectivity index (χ4v) is 4.34. The monoisotopic (exact) mass is 427 g/mol. The predicted molar refractivity (Wildman–Crippen MR) is 103 cm³/mol. The molecular weight excluding hydrogens is 405 g/mol. The van der Waals surface area contributed by atoms with Crippen molar-refractivity contribution in [1.29, 1.82) is 0 Å². The topological polar surface area (TPSA) is 130 Å². The number of imide groups is 1. The van der Waals surface area contributed by atoms with Crippen molar-refractivity contribution in [2.24, 2.45) is 11.8 Å². The number of carbonyl (C=O) groups excluding carboxylic acids is 2. The lowest BCUT2D eigenvalue weighted by atomic mass is 9.81. The minimum Gasteiger partial charge on any atom is -0.303 e. The van der Waals surface area contributed by atoms with E-state index in [9.17, 15) is 14.2 Å². The number of hydrogen-bond donors (Lipinski definition) is 2. The minimum absolute atomic E-state index is 0.121. The Labute approximate surface area is 166 Å². The Hall–Kier alpha value is -1.58. The summed E-state index contributed by atoms with van der Waals surface area (Å²) in [5, 5.41) is -0.657. The van der Waals surface area contributed by atoms with Crippen molar-refractivity contribution in [1.82, 2.24) is 14.9 Å². The molecular formula is C17H22N3O6PS. The summed E-state index contributed by atoms with van der Waals surface area (Å²) in [6.07, 6.45) is 8.64. The van der Waals surface area contributed by atoms with Gasteiger partial charge in [-0.1, -0.05) is 19.8 Å². The van der Waals surface area contributed by atoms with E-state index in [0.717, 1.165) is 25.2 Å². The molecule has 1 saturated carbocycles. The SMILES string of the molecule is CC1CCC(Cc2nccc(/C=C3\SC(=O)N(COP(=O)(O)O)C3=O)n2)CC1. The first kappa shape index (κ1) is 21.1. The number of rotatable bonds is 6. The summed E-state index contributed by atoms with van der Waals surface area (Å²) in [6.45, 7) is 1.47. The second-order valence-corrected chi connectivity index (χ2v) is 9.32. The van der Waals surface area contributed by atoms with Crippen LogP contribution in [-0.2, 0) is 20.3 Å². The van der Waals surface area contributed by atoms with Crippen LogP contribution in [0.25, 0.3) is 6.08 Å². The van der Waals surface area contributed by atoms with Crippen LogP contribution in [-0.4, -0.2) is 42.5 Å². The lowest BCUT2D eigenvalue weighted by Gasteiger charge is -2.25. The summed E-state index contributed by atoms with van der Waals surface area (Å²) >= 11 is 0.674. The van der Waals surface area contributed by atoms with Gasteiger partial charge in [0.15, 0.2) is 0 Å². The second-order valence-electron chi connectivity index (χ2n) is 7.09. The normalized spacial score (nSPS) is 25.0. The average Bonchev–Trinajstić information content (AvgIpc) is 2.88. The van der Waals surface area contributed by atoms with Crippen LogP contribution in [0.5, 0.6) is 0 Å². The molecule has 1 aliphatic carbocycles. The molecule has 2 fully saturated rings. The second kappa shape index (κ2) is 8.84. The van der Waals surface area contributed by atoms with Gasteiger partial charge < -0.3 is 9.79 Å². The molecule has 2 N–H and O–H groups in total. The minimum atomic E-state index is -4.78. The average molecular weight is 427 g/mol. The summed E-state index contributed by atoms with van der Waals surface area (Å²) < 4.78 is 15.0. The molecule has 0 aromatic carbocycles. The van der Waals surface area contributed by atoms with Crippen LogP contribution in [0.3, 0.4) is 0 Å². The van der Waals surface area contributed by atoms with Gasteiger partial charge in [0, 0.05) is 12.6 Å². The molecule has 11 heteroatoms. The van der Waals surface area contributed by atoms with Crippen LogP contribution < -0.4 is 0 Å². The van der Waals surface area contributed by atoms with E-state index in [-0.39, 0.29) is 4.91 Å². The lowest BCUT2D eigenvalue weighted by Crippen LogP contribution is -2.30. The number of nitrogens with zero attached hydrogens (tertiary/aromatic N) is 3. The van der Waals surface area contributed by atoms with Gasteiger partial charge in [0.2, 0.25) is 0 Å². The van der Waals surface area contributed by atoms with Crippen molar-refractivity contribution < 1.29 is 28.5 Å². The van der Waals surface area contributed by atoms with Gasteiger partial charge in [-0.3, -0.25) is 14.1 Å². The Morgan fingerprint density at radius 3 is 2.71 bits per heavy atom. The van der Waals surface area contributed by atoms with E-state index in [4.69, 9.17) is 9.79 Å². The van der Waals surface area contributed by atoms with Crippen molar-refractivity contribution in [3.05, 3.63) is 28.7 Å². The summed E-state index contributed by atoms with van der Waals surface area (Å²) in [7, 11) is -4.78. The fourth-order valence-electron chi connectivity index (χ4n) is 3.26. The Bertz CT molecular complexity index is 834. The van der Waals surface area contributed by atoms with Gasteiger partial charge in [-0.2, -0.15) is 0 Å². The molecule has 1 saturated heterocycles. The Kier molecular flexibility index (Phi) is 6.67. The van der Waals surface area contributed by atoms with Gasteiger partial charge in [-0.05, 0) is 48.6 Å². The van der Waals surface area contributed by atoms with Crippen LogP contribution in [0.4, 0.5) is 4.79 Å². The van der Waals surface area contributed by atoms with Crippen molar-refractivity contribution in [2.75, 3.05) is 6.73 Å². The summed E-state index contributed by atoms with van der Waals surface area (Å²) in [4.78, 5) is 51.3. The third-order valence-corrected chi connectivity index (χ3v) is 6.20. The molecule has 0 unspecified atom stereocenters. The standard InChI is InChI=1S/C17H22N3O6PS/c1-11-2-4-12(5-3-11)8-15-18-7-6-13(19-15)9-14-16(21)20(17(22)28-14)10-26-27(23,24)25/h6-7,9,11-12H,2-5,8,10H2,1H3,(H2,23,24,25)/b14-9-. The fraction of sp³-hybridized carbons (Fsp3) is 0.529. The lowest BCUT2D eigenvalue weighted by molar-refractivity contribution is -0.124. The largest absolute Gasteiger partial charge is 0.471 e. The van der Waals surface area contributed by atoms with E-state index in [1.54, 1.807) is 12.3 Å². The van der Waals surface area contributed by atoms with Gasteiger partial charge in [-0.25, -0.2) is 19.4 Å².